The van der Waals surface area contributed by atoms with Gasteiger partial charge in [0.15, 0.2) is 5.65 Å². The van der Waals surface area contributed by atoms with Crippen LogP contribution in [0, 0.1) is 0 Å². The molecule has 0 unspecified atom stereocenters. The molecule has 1 aliphatic rings. The van der Waals surface area contributed by atoms with Gasteiger partial charge in [-0.15, -0.1) is 0 Å². The highest BCUT2D eigenvalue weighted by molar-refractivity contribution is 5.98. The van der Waals surface area contributed by atoms with Crippen molar-refractivity contribution in [3.8, 4) is 0 Å². The van der Waals surface area contributed by atoms with Crippen LogP contribution in [-0.4, -0.2) is 46.3 Å². The number of carbonyl (C=O) groups excluding carboxylic acids is 1. The number of nitrogens with two attached hydrogens (primary N) is 1. The molecule has 1 amide bonds. The highest BCUT2D eigenvalue weighted by atomic mass is 16.5. The van der Waals surface area contributed by atoms with Gasteiger partial charge in [-0.1, -0.05) is 0 Å². The first-order chi connectivity index (χ1) is 9.15. The maximum absolute atomic E-state index is 11.3. The molecule has 1 atom stereocenters. The molecular weight excluding hydrogens is 246 g/mol. The van der Waals surface area contributed by atoms with Gasteiger partial charge in [0, 0.05) is 19.3 Å². The maximum Gasteiger partial charge on any atom is 0.254 e. The van der Waals surface area contributed by atoms with Crippen molar-refractivity contribution in [1.82, 2.24) is 14.6 Å². The van der Waals surface area contributed by atoms with Crippen molar-refractivity contribution in [2.75, 3.05) is 24.6 Å². The van der Waals surface area contributed by atoms with Gasteiger partial charge in [-0.2, -0.15) is 5.10 Å². The van der Waals surface area contributed by atoms with Gasteiger partial charge in [-0.3, -0.25) is 4.79 Å². The molecule has 1 fully saturated rings. The lowest BCUT2D eigenvalue weighted by atomic mass is 10.3. The van der Waals surface area contributed by atoms with E-state index in [1.165, 1.54) is 6.20 Å². The highest BCUT2D eigenvalue weighted by Crippen LogP contribution is 2.17. The van der Waals surface area contributed by atoms with E-state index in [2.05, 4.69) is 15.0 Å². The van der Waals surface area contributed by atoms with Gasteiger partial charge in [0.2, 0.25) is 0 Å². The van der Waals surface area contributed by atoms with E-state index in [1.807, 2.05) is 13.0 Å². The number of ether oxygens (including phenoxy) is 1. The number of carbonyl (C=O) groups is 1. The molecule has 1 saturated heterocycles. The average Bonchev–Trinajstić information content (AvgIpc) is 2.81. The van der Waals surface area contributed by atoms with Crippen LogP contribution in [0.2, 0.25) is 0 Å². The molecule has 0 radical (unpaired) electrons. The number of aromatic nitrogens is 3. The lowest BCUT2D eigenvalue weighted by Gasteiger charge is -2.31. The van der Waals surface area contributed by atoms with Gasteiger partial charge in [0.1, 0.15) is 11.4 Å². The first kappa shape index (κ1) is 11.9. The van der Waals surface area contributed by atoms with E-state index in [1.54, 1.807) is 10.7 Å². The van der Waals surface area contributed by atoms with Gasteiger partial charge in [-0.05, 0) is 13.0 Å². The Labute approximate surface area is 110 Å². The molecule has 0 aromatic carbocycles. The zero-order valence-corrected chi connectivity index (χ0v) is 10.6. The van der Waals surface area contributed by atoms with Crippen LogP contribution in [0.15, 0.2) is 18.5 Å². The molecule has 0 bridgehead atoms. The quantitative estimate of drug-likeness (QED) is 0.825. The topological polar surface area (TPSA) is 85.8 Å². The van der Waals surface area contributed by atoms with Crippen molar-refractivity contribution in [3.63, 3.8) is 0 Å². The Balaban J connectivity index is 2.00. The molecule has 0 aliphatic carbocycles. The summed E-state index contributed by atoms with van der Waals surface area (Å²) in [5.41, 5.74) is 6.14. The van der Waals surface area contributed by atoms with E-state index < -0.39 is 5.91 Å². The Hall–Kier alpha value is -2.15. The molecule has 0 saturated carbocycles. The van der Waals surface area contributed by atoms with E-state index in [0.717, 1.165) is 18.9 Å². The molecule has 100 valence electrons. The Morgan fingerprint density at radius 3 is 3.16 bits per heavy atom. The van der Waals surface area contributed by atoms with Crippen molar-refractivity contribution < 1.29 is 9.53 Å². The third kappa shape index (κ3) is 2.12. The molecule has 3 rings (SSSR count). The van der Waals surface area contributed by atoms with Gasteiger partial charge in [0.05, 0.1) is 18.9 Å². The normalized spacial score (nSPS) is 19.8. The fraction of sp³-hybridized carbons (Fsp3) is 0.417. The largest absolute Gasteiger partial charge is 0.375 e. The summed E-state index contributed by atoms with van der Waals surface area (Å²) in [5.74, 6) is 0.292. The first-order valence-corrected chi connectivity index (χ1v) is 6.16. The Morgan fingerprint density at radius 1 is 1.58 bits per heavy atom. The number of primary amides is 1. The van der Waals surface area contributed by atoms with Crippen LogP contribution in [-0.2, 0) is 4.74 Å². The summed E-state index contributed by atoms with van der Waals surface area (Å²) in [6.07, 6.45) is 3.40. The summed E-state index contributed by atoms with van der Waals surface area (Å²) in [6.45, 7) is 4.27. The predicted molar refractivity (Wildman–Crippen MR) is 69.1 cm³/mol. The van der Waals surface area contributed by atoms with Gasteiger partial charge < -0.3 is 15.4 Å². The Kier molecular flexibility index (Phi) is 2.83. The van der Waals surface area contributed by atoms with Crippen molar-refractivity contribution in [2.24, 2.45) is 5.73 Å². The van der Waals surface area contributed by atoms with Crippen molar-refractivity contribution in [3.05, 3.63) is 24.0 Å². The second-order valence-electron chi connectivity index (χ2n) is 4.60. The minimum Gasteiger partial charge on any atom is -0.375 e. The molecule has 7 nitrogen and oxygen atoms in total. The predicted octanol–water partition coefficient (Wildman–Crippen LogP) is 0.0533. The first-order valence-electron chi connectivity index (χ1n) is 6.16. The second-order valence-corrected chi connectivity index (χ2v) is 4.60. The molecule has 0 spiro atoms. The van der Waals surface area contributed by atoms with Crippen LogP contribution in [0.3, 0.4) is 0 Å². The molecule has 19 heavy (non-hydrogen) atoms. The number of rotatable bonds is 2. The summed E-state index contributed by atoms with van der Waals surface area (Å²) >= 11 is 0. The van der Waals surface area contributed by atoms with Crippen molar-refractivity contribution in [1.29, 1.82) is 0 Å². The molecule has 2 aromatic rings. The number of nitrogens with zero attached hydrogens (tertiary/aromatic N) is 4. The minimum absolute atomic E-state index is 0.173. The number of hydrogen-bond donors (Lipinski definition) is 1. The average molecular weight is 261 g/mol. The number of morpholine rings is 1. The van der Waals surface area contributed by atoms with Crippen LogP contribution in [0.25, 0.3) is 5.65 Å². The zero-order valence-electron chi connectivity index (χ0n) is 10.6. The molecule has 3 heterocycles. The monoisotopic (exact) mass is 261 g/mol. The van der Waals surface area contributed by atoms with E-state index >= 15 is 0 Å². The van der Waals surface area contributed by atoms with E-state index in [0.29, 0.717) is 17.8 Å². The summed E-state index contributed by atoms with van der Waals surface area (Å²) in [5, 5.41) is 4.05. The van der Waals surface area contributed by atoms with Crippen LogP contribution in [0.5, 0.6) is 0 Å². The summed E-state index contributed by atoms with van der Waals surface area (Å²) in [7, 11) is 0. The standard InChI is InChI=1S/C12H15N5O2/c1-8-7-16(4-5-19-8)10-2-3-17-12(15-10)9(6-14-17)11(13)18/h2-3,6,8H,4-5,7H2,1H3,(H2,13,18)/t8-/m1/s1. The minimum atomic E-state index is -0.519. The van der Waals surface area contributed by atoms with Crippen LogP contribution in [0.1, 0.15) is 17.3 Å². The summed E-state index contributed by atoms with van der Waals surface area (Å²) < 4.78 is 7.05. The van der Waals surface area contributed by atoms with E-state index in [9.17, 15) is 4.79 Å². The van der Waals surface area contributed by atoms with E-state index in [4.69, 9.17) is 10.5 Å². The fourth-order valence-electron chi connectivity index (χ4n) is 2.24. The third-order valence-electron chi connectivity index (χ3n) is 3.18. The fourth-order valence-corrected chi connectivity index (χ4v) is 2.24. The van der Waals surface area contributed by atoms with Gasteiger partial charge in [0.25, 0.3) is 5.91 Å². The van der Waals surface area contributed by atoms with Crippen LogP contribution < -0.4 is 10.6 Å². The van der Waals surface area contributed by atoms with Gasteiger partial charge >= 0.3 is 0 Å². The molecule has 1 aliphatic heterocycles. The molecule has 7 heteroatoms. The van der Waals surface area contributed by atoms with Crippen molar-refractivity contribution >= 4 is 17.4 Å². The van der Waals surface area contributed by atoms with E-state index in [-0.39, 0.29) is 6.10 Å². The highest BCUT2D eigenvalue weighted by Gasteiger charge is 2.19. The smallest absolute Gasteiger partial charge is 0.254 e. The number of fused-ring (bicyclic) bond motifs is 1. The SMILES string of the molecule is C[C@@H]1CN(c2ccn3ncc(C(N)=O)c3n2)CCO1. The lowest BCUT2D eigenvalue weighted by Crippen LogP contribution is -2.41. The van der Waals surface area contributed by atoms with Crippen LogP contribution >= 0.6 is 0 Å². The molecular formula is C12H15N5O2. The number of hydrogen-bond acceptors (Lipinski definition) is 5. The number of amides is 1. The number of anilines is 1. The van der Waals surface area contributed by atoms with Crippen molar-refractivity contribution in [2.45, 2.75) is 13.0 Å². The summed E-state index contributed by atoms with van der Waals surface area (Å²) in [4.78, 5) is 17.9. The Bertz CT molecular complexity index is 624. The Morgan fingerprint density at radius 2 is 2.42 bits per heavy atom. The zero-order chi connectivity index (χ0) is 13.4. The second kappa shape index (κ2) is 4.51. The maximum atomic E-state index is 11.3. The van der Waals surface area contributed by atoms with Crippen LogP contribution in [0.4, 0.5) is 5.82 Å². The molecule has 2 N–H and O–H groups in total. The lowest BCUT2D eigenvalue weighted by molar-refractivity contribution is 0.0529. The summed E-state index contributed by atoms with van der Waals surface area (Å²) in [6, 6.07) is 1.88. The third-order valence-corrected chi connectivity index (χ3v) is 3.18. The molecule has 2 aromatic heterocycles. The van der Waals surface area contributed by atoms with Gasteiger partial charge in [-0.25, -0.2) is 9.50 Å².